The van der Waals surface area contributed by atoms with E-state index in [1.807, 2.05) is 39.0 Å². The number of rotatable bonds is 6. The first-order chi connectivity index (χ1) is 12.4. The van der Waals surface area contributed by atoms with Crippen LogP contribution < -0.4 is 4.74 Å². The van der Waals surface area contributed by atoms with Gasteiger partial charge in [0.15, 0.2) is 0 Å². The van der Waals surface area contributed by atoms with Crippen LogP contribution in [0, 0.1) is 20.8 Å². The molecule has 1 aromatic carbocycles. The van der Waals surface area contributed by atoms with Crippen LogP contribution in [-0.4, -0.2) is 29.0 Å². The number of ether oxygens (including phenoxy) is 1. The van der Waals surface area contributed by atoms with Gasteiger partial charge < -0.3 is 9.15 Å². The lowest BCUT2D eigenvalue weighted by Crippen LogP contribution is -2.22. The molecule has 0 fully saturated rings. The molecule has 0 saturated carbocycles. The molecular weight excluding hydrogens is 346 g/mol. The van der Waals surface area contributed by atoms with Gasteiger partial charge >= 0.3 is 0 Å². The van der Waals surface area contributed by atoms with Crippen molar-refractivity contribution in [2.75, 3.05) is 14.2 Å². The van der Waals surface area contributed by atoms with Crippen LogP contribution in [0.25, 0.3) is 11.5 Å². The molecule has 0 saturated heterocycles. The third-order valence-corrected chi connectivity index (χ3v) is 5.72. The molecule has 0 amide bonds. The second kappa shape index (κ2) is 7.60. The van der Waals surface area contributed by atoms with Crippen molar-refractivity contribution in [2.45, 2.75) is 40.3 Å². The molecule has 0 aliphatic rings. The van der Waals surface area contributed by atoms with Gasteiger partial charge in [0.1, 0.15) is 16.5 Å². The summed E-state index contributed by atoms with van der Waals surface area (Å²) in [7, 11) is 3.77. The van der Waals surface area contributed by atoms with Crippen LogP contribution in [0.5, 0.6) is 5.75 Å². The Bertz CT molecular complexity index is 900. The first kappa shape index (κ1) is 18.6. The molecule has 3 rings (SSSR count). The van der Waals surface area contributed by atoms with Crippen LogP contribution in [-0.2, 0) is 6.54 Å². The highest BCUT2D eigenvalue weighted by Crippen LogP contribution is 2.29. The fourth-order valence-corrected chi connectivity index (χ4v) is 3.75. The van der Waals surface area contributed by atoms with Gasteiger partial charge in [0.05, 0.1) is 18.8 Å². The Labute approximate surface area is 158 Å². The van der Waals surface area contributed by atoms with Gasteiger partial charge in [-0.3, -0.25) is 4.90 Å². The Morgan fingerprint density at radius 1 is 1.23 bits per heavy atom. The molecular formula is C20H25N3O2S. The highest BCUT2D eigenvalue weighted by molar-refractivity contribution is 7.09. The van der Waals surface area contributed by atoms with Crippen LogP contribution in [0.15, 0.2) is 28.0 Å². The second-order valence-electron chi connectivity index (χ2n) is 6.62. The van der Waals surface area contributed by atoms with Crippen LogP contribution in [0.4, 0.5) is 0 Å². The van der Waals surface area contributed by atoms with Crippen molar-refractivity contribution < 1.29 is 9.15 Å². The number of aromatic nitrogens is 2. The predicted molar refractivity (Wildman–Crippen MR) is 105 cm³/mol. The summed E-state index contributed by atoms with van der Waals surface area (Å²) in [4.78, 5) is 11.6. The van der Waals surface area contributed by atoms with Crippen molar-refractivity contribution in [1.29, 1.82) is 0 Å². The zero-order valence-corrected chi connectivity index (χ0v) is 17.0. The Morgan fingerprint density at radius 2 is 2.00 bits per heavy atom. The normalized spacial score (nSPS) is 12.6. The Morgan fingerprint density at radius 3 is 2.62 bits per heavy atom. The molecule has 1 unspecified atom stereocenters. The van der Waals surface area contributed by atoms with E-state index in [-0.39, 0.29) is 6.04 Å². The summed E-state index contributed by atoms with van der Waals surface area (Å²) in [5, 5.41) is 3.21. The topological polar surface area (TPSA) is 51.4 Å². The van der Waals surface area contributed by atoms with E-state index < -0.39 is 0 Å². The molecule has 6 heteroatoms. The van der Waals surface area contributed by atoms with E-state index in [1.165, 1.54) is 0 Å². The van der Waals surface area contributed by atoms with Crippen molar-refractivity contribution >= 4 is 11.3 Å². The van der Waals surface area contributed by atoms with Crippen molar-refractivity contribution in [3.05, 3.63) is 51.3 Å². The molecule has 3 aromatic rings. The minimum absolute atomic E-state index is 0.233. The van der Waals surface area contributed by atoms with E-state index in [9.17, 15) is 0 Å². The summed E-state index contributed by atoms with van der Waals surface area (Å²) >= 11 is 1.70. The zero-order chi connectivity index (χ0) is 18.8. The van der Waals surface area contributed by atoms with E-state index in [0.717, 1.165) is 39.0 Å². The summed E-state index contributed by atoms with van der Waals surface area (Å²) in [6.07, 6.45) is 0. The summed E-state index contributed by atoms with van der Waals surface area (Å²) in [5.41, 5.74) is 4.05. The molecule has 0 spiro atoms. The maximum Gasteiger partial charge on any atom is 0.226 e. The van der Waals surface area contributed by atoms with Gasteiger partial charge in [-0.15, -0.1) is 11.3 Å². The van der Waals surface area contributed by atoms with Gasteiger partial charge in [-0.2, -0.15) is 0 Å². The second-order valence-corrected chi connectivity index (χ2v) is 7.51. The van der Waals surface area contributed by atoms with Crippen molar-refractivity contribution in [2.24, 2.45) is 0 Å². The third kappa shape index (κ3) is 3.81. The number of nitrogens with zero attached hydrogens (tertiary/aromatic N) is 3. The zero-order valence-electron chi connectivity index (χ0n) is 16.2. The lowest BCUT2D eigenvalue weighted by Gasteiger charge is -2.21. The molecule has 0 radical (unpaired) electrons. The molecule has 0 N–H and O–H groups in total. The molecule has 2 heterocycles. The number of methoxy groups -OCH3 is 1. The van der Waals surface area contributed by atoms with Gasteiger partial charge in [0, 0.05) is 23.2 Å². The van der Waals surface area contributed by atoms with E-state index >= 15 is 0 Å². The highest BCUT2D eigenvalue weighted by Gasteiger charge is 2.19. The fraction of sp³-hybridized carbons (Fsp3) is 0.400. The van der Waals surface area contributed by atoms with Crippen molar-refractivity contribution in [3.63, 3.8) is 0 Å². The predicted octanol–water partition coefficient (Wildman–Crippen LogP) is 4.92. The van der Waals surface area contributed by atoms with Gasteiger partial charge in [-0.25, -0.2) is 9.97 Å². The standard InChI is InChI=1S/C20H25N3O2S/c1-12-9-16(7-8-18(12)24-6)19-22-17(15(4)25-19)10-23(5)14(3)20-21-13(2)11-26-20/h7-9,11,14H,10H2,1-6H3. The van der Waals surface area contributed by atoms with E-state index in [0.29, 0.717) is 12.4 Å². The number of thiazole rings is 1. The number of hydrogen-bond donors (Lipinski definition) is 0. The fourth-order valence-electron chi connectivity index (χ4n) is 2.84. The van der Waals surface area contributed by atoms with Crippen molar-refractivity contribution in [1.82, 2.24) is 14.9 Å². The molecule has 0 aliphatic heterocycles. The first-order valence-electron chi connectivity index (χ1n) is 8.62. The summed E-state index contributed by atoms with van der Waals surface area (Å²) in [6.45, 7) is 8.89. The number of aryl methyl sites for hydroxylation is 3. The first-order valence-corrected chi connectivity index (χ1v) is 9.50. The molecule has 138 valence electrons. The van der Waals surface area contributed by atoms with Crippen LogP contribution >= 0.6 is 11.3 Å². The van der Waals surface area contributed by atoms with Gasteiger partial charge in [0.25, 0.3) is 0 Å². The van der Waals surface area contributed by atoms with Crippen LogP contribution in [0.3, 0.4) is 0 Å². The lowest BCUT2D eigenvalue weighted by atomic mass is 10.1. The minimum Gasteiger partial charge on any atom is -0.496 e. The van der Waals surface area contributed by atoms with E-state index in [4.69, 9.17) is 14.1 Å². The Balaban J connectivity index is 1.78. The Hall–Kier alpha value is -2.18. The minimum atomic E-state index is 0.233. The molecule has 1 atom stereocenters. The van der Waals surface area contributed by atoms with E-state index in [2.05, 4.69) is 29.2 Å². The molecule has 0 bridgehead atoms. The molecule has 2 aromatic heterocycles. The summed E-state index contributed by atoms with van der Waals surface area (Å²) < 4.78 is 11.3. The van der Waals surface area contributed by atoms with E-state index in [1.54, 1.807) is 18.4 Å². The van der Waals surface area contributed by atoms with Gasteiger partial charge in [0.2, 0.25) is 5.89 Å². The van der Waals surface area contributed by atoms with Crippen molar-refractivity contribution in [3.8, 4) is 17.2 Å². The van der Waals surface area contributed by atoms with Gasteiger partial charge in [-0.1, -0.05) is 0 Å². The van der Waals surface area contributed by atoms with Crippen LogP contribution in [0.2, 0.25) is 0 Å². The quantitative estimate of drug-likeness (QED) is 0.615. The Kier molecular flexibility index (Phi) is 5.44. The number of benzene rings is 1. The molecule has 0 aliphatic carbocycles. The summed E-state index contributed by atoms with van der Waals surface area (Å²) in [5.74, 6) is 2.36. The largest absolute Gasteiger partial charge is 0.496 e. The van der Waals surface area contributed by atoms with Crippen LogP contribution in [0.1, 0.15) is 40.7 Å². The average Bonchev–Trinajstić information content (AvgIpc) is 3.20. The number of hydrogen-bond acceptors (Lipinski definition) is 6. The maximum absolute atomic E-state index is 5.93. The van der Waals surface area contributed by atoms with Gasteiger partial charge in [-0.05, 0) is 58.5 Å². The lowest BCUT2D eigenvalue weighted by molar-refractivity contribution is 0.248. The smallest absolute Gasteiger partial charge is 0.226 e. The molecule has 5 nitrogen and oxygen atoms in total. The number of oxazole rings is 1. The average molecular weight is 372 g/mol. The molecule has 26 heavy (non-hydrogen) atoms. The maximum atomic E-state index is 5.93. The monoisotopic (exact) mass is 371 g/mol. The highest BCUT2D eigenvalue weighted by atomic mass is 32.1. The summed E-state index contributed by atoms with van der Waals surface area (Å²) in [6, 6.07) is 6.20. The third-order valence-electron chi connectivity index (χ3n) is 4.59. The SMILES string of the molecule is COc1ccc(-c2nc(CN(C)C(C)c3nc(C)cs3)c(C)o2)cc1C.